The Balaban J connectivity index is 1.45. The third-order valence-corrected chi connectivity index (χ3v) is 5.23. The lowest BCUT2D eigenvalue weighted by molar-refractivity contribution is -0.133. The third-order valence-electron chi connectivity index (χ3n) is 5.23. The number of rotatable bonds is 7. The van der Waals surface area contributed by atoms with E-state index in [-0.39, 0.29) is 11.8 Å². The van der Waals surface area contributed by atoms with Gasteiger partial charge in [-0.1, -0.05) is 12.1 Å². The Bertz CT molecular complexity index is 620. The van der Waals surface area contributed by atoms with Crippen molar-refractivity contribution in [3.63, 3.8) is 0 Å². The summed E-state index contributed by atoms with van der Waals surface area (Å²) in [6.07, 6.45) is 4.43. The topological polar surface area (TPSA) is 70.7 Å². The van der Waals surface area contributed by atoms with Gasteiger partial charge in [-0.2, -0.15) is 0 Å². The van der Waals surface area contributed by atoms with E-state index in [1.165, 1.54) is 0 Å². The Morgan fingerprint density at radius 2 is 2.04 bits per heavy atom. The van der Waals surface area contributed by atoms with Crippen molar-refractivity contribution >= 4 is 11.8 Å². The van der Waals surface area contributed by atoms with E-state index in [9.17, 15) is 9.59 Å². The van der Waals surface area contributed by atoms with E-state index in [2.05, 4.69) is 15.5 Å². The summed E-state index contributed by atoms with van der Waals surface area (Å²) in [5.41, 5.74) is 0.539. The second kappa shape index (κ2) is 9.03. The van der Waals surface area contributed by atoms with Crippen molar-refractivity contribution in [1.29, 1.82) is 0 Å². The number of fused-ring (bicyclic) bond motifs is 2. The van der Waals surface area contributed by atoms with Gasteiger partial charge in [0.25, 0.3) is 5.91 Å². The molecule has 142 valence electrons. The fourth-order valence-corrected chi connectivity index (χ4v) is 3.99. The molecule has 2 fully saturated rings. The summed E-state index contributed by atoms with van der Waals surface area (Å²) >= 11 is 0. The zero-order valence-electron chi connectivity index (χ0n) is 15.5. The Hall–Kier alpha value is -2.08. The van der Waals surface area contributed by atoms with Gasteiger partial charge >= 0.3 is 0 Å². The summed E-state index contributed by atoms with van der Waals surface area (Å²) in [7, 11) is 0. The smallest absolute Gasteiger partial charge is 0.255 e. The molecule has 6 heteroatoms. The molecule has 0 aromatic heterocycles. The molecule has 2 N–H and O–H groups in total. The molecule has 2 aliphatic heterocycles. The first kappa shape index (κ1) is 18.7. The standard InChI is InChI=1S/C20H29N3O3/c1-2-26-18-7-4-3-6-17(18)20(25)22-12-5-8-19(24)23-15-9-10-16(23)14-21-13-11-15/h3-4,6-7,15-16,21H,2,5,8-14H2,1H3,(H,22,25). The number of para-hydroxylation sites is 1. The van der Waals surface area contributed by atoms with Crippen LogP contribution in [0.3, 0.4) is 0 Å². The maximum Gasteiger partial charge on any atom is 0.255 e. The molecule has 3 rings (SSSR count). The monoisotopic (exact) mass is 359 g/mol. The summed E-state index contributed by atoms with van der Waals surface area (Å²) in [6, 6.07) is 7.98. The average Bonchev–Trinajstić information content (AvgIpc) is 2.92. The largest absolute Gasteiger partial charge is 0.493 e. The Morgan fingerprint density at radius 3 is 2.88 bits per heavy atom. The first-order chi connectivity index (χ1) is 12.7. The van der Waals surface area contributed by atoms with Crippen molar-refractivity contribution in [1.82, 2.24) is 15.5 Å². The van der Waals surface area contributed by atoms with Crippen molar-refractivity contribution in [2.75, 3.05) is 26.2 Å². The van der Waals surface area contributed by atoms with Gasteiger partial charge in [-0.25, -0.2) is 0 Å². The third kappa shape index (κ3) is 4.36. The minimum atomic E-state index is -0.152. The van der Waals surface area contributed by atoms with Crippen molar-refractivity contribution in [3.05, 3.63) is 29.8 Å². The molecule has 2 unspecified atom stereocenters. The molecule has 0 aliphatic carbocycles. The molecule has 2 aliphatic rings. The average molecular weight is 359 g/mol. The first-order valence-electron chi connectivity index (χ1n) is 9.72. The van der Waals surface area contributed by atoms with Crippen LogP contribution in [-0.4, -0.2) is 55.0 Å². The highest BCUT2D eigenvalue weighted by atomic mass is 16.5. The van der Waals surface area contributed by atoms with Crippen LogP contribution in [0.5, 0.6) is 5.75 Å². The van der Waals surface area contributed by atoms with Crippen molar-refractivity contribution in [2.45, 2.75) is 51.1 Å². The van der Waals surface area contributed by atoms with E-state index >= 15 is 0 Å². The minimum absolute atomic E-state index is 0.152. The molecule has 2 heterocycles. The van der Waals surface area contributed by atoms with Crippen molar-refractivity contribution in [3.8, 4) is 5.75 Å². The van der Waals surface area contributed by atoms with Crippen LogP contribution in [0.15, 0.2) is 24.3 Å². The van der Waals surface area contributed by atoms with Crippen LogP contribution in [0, 0.1) is 0 Å². The van der Waals surface area contributed by atoms with Gasteiger partial charge in [-0.05, 0) is 51.3 Å². The van der Waals surface area contributed by atoms with E-state index < -0.39 is 0 Å². The Kier molecular flexibility index (Phi) is 6.50. The number of nitrogens with zero attached hydrogens (tertiary/aromatic N) is 1. The fourth-order valence-electron chi connectivity index (χ4n) is 3.99. The number of carbonyl (C=O) groups is 2. The van der Waals surface area contributed by atoms with Gasteiger partial charge in [0.1, 0.15) is 5.75 Å². The quantitative estimate of drug-likeness (QED) is 0.730. The molecule has 6 nitrogen and oxygen atoms in total. The van der Waals surface area contributed by atoms with Gasteiger partial charge in [0.15, 0.2) is 0 Å². The van der Waals surface area contributed by atoms with Crippen molar-refractivity contribution in [2.24, 2.45) is 0 Å². The van der Waals surface area contributed by atoms with Crippen molar-refractivity contribution < 1.29 is 14.3 Å². The molecule has 2 saturated heterocycles. The number of amides is 2. The molecule has 2 amide bonds. The molecule has 2 bridgehead atoms. The lowest BCUT2D eigenvalue weighted by Gasteiger charge is -2.28. The van der Waals surface area contributed by atoms with Gasteiger partial charge in [0.2, 0.25) is 5.91 Å². The number of benzene rings is 1. The zero-order chi connectivity index (χ0) is 18.4. The summed E-state index contributed by atoms with van der Waals surface area (Å²) < 4.78 is 5.50. The van der Waals surface area contributed by atoms with E-state index in [4.69, 9.17) is 4.74 Å². The maximum atomic E-state index is 12.6. The number of nitrogens with one attached hydrogen (secondary N) is 2. The van der Waals surface area contributed by atoms with E-state index in [1.807, 2.05) is 19.1 Å². The number of carbonyl (C=O) groups excluding carboxylic acids is 2. The SMILES string of the molecule is CCOc1ccccc1C(=O)NCCCC(=O)N1C2CCNCC1CC2. The maximum absolute atomic E-state index is 12.6. The second-order valence-corrected chi connectivity index (χ2v) is 6.97. The lowest BCUT2D eigenvalue weighted by Crippen LogP contribution is -2.42. The predicted molar refractivity (Wildman–Crippen MR) is 100 cm³/mol. The van der Waals surface area contributed by atoms with Gasteiger partial charge < -0.3 is 20.3 Å². The molecular formula is C20H29N3O3. The number of hydrogen-bond donors (Lipinski definition) is 2. The number of hydrogen-bond acceptors (Lipinski definition) is 4. The van der Waals surface area contributed by atoms with Crippen LogP contribution >= 0.6 is 0 Å². The molecule has 0 spiro atoms. The molecule has 0 radical (unpaired) electrons. The van der Waals surface area contributed by atoms with Crippen LogP contribution in [0.1, 0.15) is 49.4 Å². The van der Waals surface area contributed by atoms with E-state index in [0.29, 0.717) is 49.4 Å². The summed E-state index contributed by atoms with van der Waals surface area (Å²) in [5, 5.41) is 6.32. The highest BCUT2D eigenvalue weighted by molar-refractivity contribution is 5.96. The molecular weight excluding hydrogens is 330 g/mol. The van der Waals surface area contributed by atoms with Gasteiger partial charge in [0, 0.05) is 31.6 Å². The summed E-state index contributed by atoms with van der Waals surface area (Å²) in [5.74, 6) is 0.669. The van der Waals surface area contributed by atoms with Crippen LogP contribution < -0.4 is 15.4 Å². The van der Waals surface area contributed by atoms with E-state index in [1.54, 1.807) is 12.1 Å². The first-order valence-corrected chi connectivity index (χ1v) is 9.72. The van der Waals surface area contributed by atoms with Crippen LogP contribution in [0.2, 0.25) is 0 Å². The zero-order valence-corrected chi connectivity index (χ0v) is 15.5. The normalized spacial score (nSPS) is 22.0. The summed E-state index contributed by atoms with van der Waals surface area (Å²) in [6.45, 7) is 4.82. The predicted octanol–water partition coefficient (Wildman–Crippen LogP) is 1.95. The fraction of sp³-hybridized carbons (Fsp3) is 0.600. The van der Waals surface area contributed by atoms with Crippen LogP contribution in [0.25, 0.3) is 0 Å². The molecule has 1 aromatic carbocycles. The minimum Gasteiger partial charge on any atom is -0.493 e. The van der Waals surface area contributed by atoms with E-state index in [0.717, 1.165) is 32.4 Å². The van der Waals surface area contributed by atoms with Gasteiger partial charge in [-0.15, -0.1) is 0 Å². The summed E-state index contributed by atoms with van der Waals surface area (Å²) in [4.78, 5) is 27.1. The molecule has 0 saturated carbocycles. The van der Waals surface area contributed by atoms with Crippen LogP contribution in [0.4, 0.5) is 0 Å². The molecule has 26 heavy (non-hydrogen) atoms. The number of ether oxygens (including phenoxy) is 1. The highest BCUT2D eigenvalue weighted by Gasteiger charge is 2.37. The van der Waals surface area contributed by atoms with Crippen LogP contribution in [-0.2, 0) is 4.79 Å². The second-order valence-electron chi connectivity index (χ2n) is 6.97. The lowest BCUT2D eigenvalue weighted by atomic mass is 10.1. The Morgan fingerprint density at radius 1 is 1.23 bits per heavy atom. The van der Waals surface area contributed by atoms with Gasteiger partial charge in [0.05, 0.1) is 12.2 Å². The van der Waals surface area contributed by atoms with Gasteiger partial charge in [-0.3, -0.25) is 9.59 Å². The molecule has 1 aromatic rings. The Labute approximate surface area is 155 Å². The molecule has 2 atom stereocenters. The highest BCUT2D eigenvalue weighted by Crippen LogP contribution is 2.28.